The van der Waals surface area contributed by atoms with Crippen molar-refractivity contribution in [1.82, 2.24) is 0 Å². The summed E-state index contributed by atoms with van der Waals surface area (Å²) >= 11 is 6.00. The van der Waals surface area contributed by atoms with E-state index in [9.17, 15) is 5.11 Å². The number of hydrogen-bond donors (Lipinski definition) is 1. The number of hydrogen-bond acceptors (Lipinski definition) is 2. The van der Waals surface area contributed by atoms with Crippen molar-refractivity contribution in [1.29, 1.82) is 0 Å². The minimum absolute atomic E-state index is 0.311. The molecule has 0 bridgehead atoms. The van der Waals surface area contributed by atoms with Crippen LogP contribution in [0.15, 0.2) is 18.2 Å². The van der Waals surface area contributed by atoms with Crippen molar-refractivity contribution in [3.8, 4) is 5.75 Å². The second-order valence-electron chi connectivity index (χ2n) is 4.68. The zero-order chi connectivity index (χ0) is 13.5. The molecule has 0 aromatic heterocycles. The van der Waals surface area contributed by atoms with Crippen LogP contribution in [0.25, 0.3) is 0 Å². The van der Waals surface area contributed by atoms with Gasteiger partial charge in [0, 0.05) is 0 Å². The van der Waals surface area contributed by atoms with Crippen molar-refractivity contribution >= 4 is 11.6 Å². The molecule has 1 atom stereocenters. The van der Waals surface area contributed by atoms with Gasteiger partial charge in [0.2, 0.25) is 0 Å². The number of methoxy groups -OCH3 is 1. The molecule has 102 valence electrons. The third-order valence-electron chi connectivity index (χ3n) is 3.28. The Kier molecular flexibility index (Phi) is 6.51. The van der Waals surface area contributed by atoms with E-state index in [1.807, 2.05) is 12.1 Å². The second kappa shape index (κ2) is 7.65. The van der Waals surface area contributed by atoms with Crippen molar-refractivity contribution in [2.24, 2.45) is 5.92 Å². The highest BCUT2D eigenvalue weighted by molar-refractivity contribution is 6.32. The lowest BCUT2D eigenvalue weighted by molar-refractivity contribution is 0.0962. The first-order valence-corrected chi connectivity index (χ1v) is 7.03. The maximum Gasteiger partial charge on any atom is 0.137 e. The monoisotopic (exact) mass is 270 g/mol. The first-order valence-electron chi connectivity index (χ1n) is 6.65. The third-order valence-corrected chi connectivity index (χ3v) is 3.59. The summed E-state index contributed by atoms with van der Waals surface area (Å²) in [5, 5.41) is 11.0. The summed E-state index contributed by atoms with van der Waals surface area (Å²) in [5.74, 6) is 0.936. The molecule has 3 heteroatoms. The predicted molar refractivity (Wildman–Crippen MR) is 76.3 cm³/mol. The van der Waals surface area contributed by atoms with Gasteiger partial charge in [-0.05, 0) is 36.5 Å². The van der Waals surface area contributed by atoms with Crippen LogP contribution in [0.3, 0.4) is 0 Å². The van der Waals surface area contributed by atoms with Crippen LogP contribution < -0.4 is 4.74 Å². The van der Waals surface area contributed by atoms with E-state index in [1.165, 1.54) is 0 Å². The highest BCUT2D eigenvalue weighted by Crippen LogP contribution is 2.33. The average molecular weight is 271 g/mol. The molecule has 0 amide bonds. The summed E-state index contributed by atoms with van der Waals surface area (Å²) < 4.78 is 5.19. The van der Waals surface area contributed by atoms with Crippen LogP contribution in [0.2, 0.25) is 5.02 Å². The Morgan fingerprint density at radius 2 is 1.83 bits per heavy atom. The molecule has 0 saturated heterocycles. The molecule has 0 radical (unpaired) electrons. The number of halogens is 1. The normalized spacial score (nSPS) is 12.8. The molecule has 0 aliphatic heterocycles. The van der Waals surface area contributed by atoms with Gasteiger partial charge < -0.3 is 9.84 Å². The SMILES string of the molecule is CCCC(CCC)C(O)c1ccc(Cl)c(OC)c1. The molecular weight excluding hydrogens is 248 g/mol. The first-order chi connectivity index (χ1) is 8.63. The van der Waals surface area contributed by atoms with Gasteiger partial charge in [-0.25, -0.2) is 0 Å². The Labute approximate surface area is 115 Å². The van der Waals surface area contributed by atoms with E-state index >= 15 is 0 Å². The van der Waals surface area contributed by atoms with Gasteiger partial charge in [-0.3, -0.25) is 0 Å². The summed E-state index contributed by atoms with van der Waals surface area (Å²) in [6, 6.07) is 5.51. The van der Waals surface area contributed by atoms with Gasteiger partial charge in [0.25, 0.3) is 0 Å². The lowest BCUT2D eigenvalue weighted by atomic mass is 9.88. The summed E-state index contributed by atoms with van der Waals surface area (Å²) in [5.41, 5.74) is 0.892. The molecule has 1 rings (SSSR count). The molecule has 0 aliphatic carbocycles. The fraction of sp³-hybridized carbons (Fsp3) is 0.600. The van der Waals surface area contributed by atoms with Gasteiger partial charge in [-0.1, -0.05) is 44.4 Å². The van der Waals surface area contributed by atoms with Crippen LogP contribution in [-0.2, 0) is 0 Å². The zero-order valence-electron chi connectivity index (χ0n) is 11.4. The van der Waals surface area contributed by atoms with Gasteiger partial charge in [0.05, 0.1) is 18.2 Å². The highest BCUT2D eigenvalue weighted by atomic mass is 35.5. The van der Waals surface area contributed by atoms with Gasteiger partial charge >= 0.3 is 0 Å². The van der Waals surface area contributed by atoms with E-state index in [-0.39, 0.29) is 0 Å². The van der Waals surface area contributed by atoms with E-state index < -0.39 is 6.10 Å². The highest BCUT2D eigenvalue weighted by Gasteiger charge is 2.20. The maximum atomic E-state index is 10.5. The van der Waals surface area contributed by atoms with Crippen molar-refractivity contribution in [2.45, 2.75) is 45.6 Å². The Bertz CT molecular complexity index is 360. The minimum atomic E-state index is -0.434. The van der Waals surface area contributed by atoms with Crippen LogP contribution in [0.4, 0.5) is 0 Å². The fourth-order valence-corrected chi connectivity index (χ4v) is 2.53. The predicted octanol–water partition coefficient (Wildman–Crippen LogP) is 4.60. The number of rotatable bonds is 7. The summed E-state index contributed by atoms with van der Waals surface area (Å²) in [4.78, 5) is 0. The zero-order valence-corrected chi connectivity index (χ0v) is 12.2. The van der Waals surface area contributed by atoms with E-state index in [0.717, 1.165) is 31.2 Å². The average Bonchev–Trinajstić information content (AvgIpc) is 2.38. The van der Waals surface area contributed by atoms with Crippen molar-refractivity contribution in [3.05, 3.63) is 28.8 Å². The molecule has 1 aromatic rings. The quantitative estimate of drug-likeness (QED) is 0.785. The van der Waals surface area contributed by atoms with Crippen molar-refractivity contribution in [2.75, 3.05) is 7.11 Å². The largest absolute Gasteiger partial charge is 0.495 e. The lowest BCUT2D eigenvalue weighted by Gasteiger charge is -2.23. The van der Waals surface area contributed by atoms with E-state index in [0.29, 0.717) is 16.7 Å². The number of benzene rings is 1. The van der Waals surface area contributed by atoms with Crippen LogP contribution >= 0.6 is 11.6 Å². The molecule has 18 heavy (non-hydrogen) atoms. The molecule has 1 aromatic carbocycles. The molecule has 0 saturated carbocycles. The Morgan fingerprint density at radius 3 is 2.33 bits per heavy atom. The van der Waals surface area contributed by atoms with Crippen LogP contribution in [-0.4, -0.2) is 12.2 Å². The Balaban J connectivity index is 2.89. The smallest absolute Gasteiger partial charge is 0.137 e. The number of aliphatic hydroxyl groups excluding tert-OH is 1. The molecule has 0 fully saturated rings. The van der Waals surface area contributed by atoms with Crippen LogP contribution in [0.5, 0.6) is 5.75 Å². The lowest BCUT2D eigenvalue weighted by Crippen LogP contribution is -2.12. The van der Waals surface area contributed by atoms with Crippen LogP contribution in [0, 0.1) is 5.92 Å². The van der Waals surface area contributed by atoms with Crippen molar-refractivity contribution in [3.63, 3.8) is 0 Å². The molecule has 0 aliphatic rings. The minimum Gasteiger partial charge on any atom is -0.495 e. The van der Waals surface area contributed by atoms with E-state index in [1.54, 1.807) is 13.2 Å². The molecule has 0 spiro atoms. The second-order valence-corrected chi connectivity index (χ2v) is 5.08. The first kappa shape index (κ1) is 15.3. The Hall–Kier alpha value is -0.730. The van der Waals surface area contributed by atoms with Gasteiger partial charge in [0.1, 0.15) is 5.75 Å². The van der Waals surface area contributed by atoms with Crippen LogP contribution in [0.1, 0.15) is 51.2 Å². The fourth-order valence-electron chi connectivity index (χ4n) is 2.33. The topological polar surface area (TPSA) is 29.5 Å². The molecule has 1 unspecified atom stereocenters. The standard InChI is InChI=1S/C15H23ClO2/c1-4-6-11(7-5-2)15(17)12-8-9-13(16)14(10-12)18-3/h8-11,15,17H,4-7H2,1-3H3. The molecular formula is C15H23ClO2. The van der Waals surface area contributed by atoms with E-state index in [2.05, 4.69) is 13.8 Å². The van der Waals surface area contributed by atoms with Gasteiger partial charge in [0.15, 0.2) is 0 Å². The van der Waals surface area contributed by atoms with E-state index in [4.69, 9.17) is 16.3 Å². The Morgan fingerprint density at radius 1 is 1.22 bits per heavy atom. The molecule has 2 nitrogen and oxygen atoms in total. The van der Waals surface area contributed by atoms with Gasteiger partial charge in [-0.15, -0.1) is 0 Å². The van der Waals surface area contributed by atoms with Gasteiger partial charge in [-0.2, -0.15) is 0 Å². The van der Waals surface area contributed by atoms with Crippen molar-refractivity contribution < 1.29 is 9.84 Å². The maximum absolute atomic E-state index is 10.5. The summed E-state index contributed by atoms with van der Waals surface area (Å²) in [7, 11) is 1.59. The summed E-state index contributed by atoms with van der Waals surface area (Å²) in [6.07, 6.45) is 3.83. The molecule has 1 N–H and O–H groups in total. The number of ether oxygens (including phenoxy) is 1. The number of aliphatic hydroxyl groups is 1. The third kappa shape index (κ3) is 3.89. The summed E-state index contributed by atoms with van der Waals surface area (Å²) in [6.45, 7) is 4.30. The molecule has 0 heterocycles.